The van der Waals surface area contributed by atoms with Gasteiger partial charge in [-0.3, -0.25) is 4.72 Å². The Hall–Kier alpha value is -2.12. The molecule has 1 aliphatic carbocycles. The minimum Gasteiger partial charge on any atom is -0.440 e. The zero-order valence-corrected chi connectivity index (χ0v) is 16.1. The predicted octanol–water partition coefficient (Wildman–Crippen LogP) is 5.17. The summed E-state index contributed by atoms with van der Waals surface area (Å²) in [5.41, 5.74) is 1.63. The number of sulfonamides is 1. The minimum atomic E-state index is -3.62. The predicted molar refractivity (Wildman–Crippen MR) is 103 cm³/mol. The average Bonchev–Trinajstić information content (AvgIpc) is 3.36. The highest BCUT2D eigenvalue weighted by molar-refractivity contribution is 7.94. The van der Waals surface area contributed by atoms with Crippen LogP contribution in [0.15, 0.2) is 51.2 Å². The molecule has 0 spiro atoms. The van der Waals surface area contributed by atoms with Crippen LogP contribution in [0.25, 0.3) is 10.6 Å². The second-order valence-corrected chi connectivity index (χ2v) is 9.63. The van der Waals surface area contributed by atoms with Crippen molar-refractivity contribution in [3.05, 3.63) is 54.0 Å². The van der Waals surface area contributed by atoms with Crippen molar-refractivity contribution in [1.82, 2.24) is 4.98 Å². The largest absolute Gasteiger partial charge is 0.440 e. The molecule has 0 amide bonds. The third kappa shape index (κ3) is 3.54. The van der Waals surface area contributed by atoms with E-state index in [0.29, 0.717) is 17.4 Å². The van der Waals surface area contributed by atoms with Crippen LogP contribution >= 0.6 is 11.3 Å². The lowest BCUT2D eigenvalue weighted by atomic mass is 10.1. The van der Waals surface area contributed by atoms with Gasteiger partial charge in [-0.05, 0) is 44.0 Å². The maximum atomic E-state index is 12.6. The Labute approximate surface area is 157 Å². The van der Waals surface area contributed by atoms with Gasteiger partial charge in [0.25, 0.3) is 10.0 Å². The van der Waals surface area contributed by atoms with Crippen LogP contribution in [0, 0.1) is 6.92 Å². The molecule has 1 aliphatic rings. The molecule has 0 saturated heterocycles. The number of oxazole rings is 1. The van der Waals surface area contributed by atoms with Gasteiger partial charge in [-0.1, -0.05) is 30.5 Å². The molecule has 7 heteroatoms. The quantitative estimate of drug-likeness (QED) is 0.654. The molecule has 1 saturated carbocycles. The Morgan fingerprint density at radius 2 is 1.85 bits per heavy atom. The van der Waals surface area contributed by atoms with Crippen molar-refractivity contribution in [2.24, 2.45) is 0 Å². The van der Waals surface area contributed by atoms with Gasteiger partial charge in [-0.15, -0.1) is 11.3 Å². The van der Waals surface area contributed by atoms with Crippen molar-refractivity contribution in [3.63, 3.8) is 0 Å². The number of nitrogens with one attached hydrogen (secondary N) is 1. The van der Waals surface area contributed by atoms with Gasteiger partial charge in [0, 0.05) is 11.6 Å². The van der Waals surface area contributed by atoms with Gasteiger partial charge >= 0.3 is 0 Å². The summed E-state index contributed by atoms with van der Waals surface area (Å²) in [5.74, 6) is 1.80. The monoisotopic (exact) mass is 388 g/mol. The van der Waals surface area contributed by atoms with Crippen LogP contribution in [0.2, 0.25) is 0 Å². The zero-order chi connectivity index (χ0) is 18.1. The fourth-order valence-electron chi connectivity index (χ4n) is 3.19. The summed E-state index contributed by atoms with van der Waals surface area (Å²) in [4.78, 5) is 5.17. The first kappa shape index (κ1) is 17.3. The molecule has 1 N–H and O–H groups in total. The molecule has 0 bridgehead atoms. The first-order chi connectivity index (χ1) is 12.5. The number of rotatable bonds is 5. The molecule has 5 nitrogen and oxygen atoms in total. The summed E-state index contributed by atoms with van der Waals surface area (Å²) < 4.78 is 34.0. The normalized spacial score (nSPS) is 15.4. The Morgan fingerprint density at radius 3 is 2.58 bits per heavy atom. The van der Waals surface area contributed by atoms with Crippen LogP contribution in [-0.2, 0) is 10.0 Å². The molecule has 26 heavy (non-hydrogen) atoms. The van der Waals surface area contributed by atoms with Crippen LogP contribution in [0.3, 0.4) is 0 Å². The second kappa shape index (κ2) is 6.89. The molecule has 3 aromatic rings. The van der Waals surface area contributed by atoms with E-state index in [1.807, 2.05) is 19.1 Å². The van der Waals surface area contributed by atoms with Gasteiger partial charge in [0.05, 0.1) is 11.1 Å². The summed E-state index contributed by atoms with van der Waals surface area (Å²) in [7, 11) is -3.62. The molecule has 2 aromatic heterocycles. The number of thiophene rings is 1. The molecule has 1 fully saturated rings. The van der Waals surface area contributed by atoms with E-state index in [4.69, 9.17) is 4.42 Å². The first-order valence-corrected chi connectivity index (χ1v) is 11.0. The van der Waals surface area contributed by atoms with Crippen LogP contribution in [0.4, 0.5) is 5.69 Å². The molecular weight excluding hydrogens is 368 g/mol. The third-order valence-corrected chi connectivity index (χ3v) is 7.59. The van der Waals surface area contributed by atoms with E-state index in [9.17, 15) is 8.42 Å². The molecule has 4 rings (SSSR count). The van der Waals surface area contributed by atoms with Crippen LogP contribution in [0.5, 0.6) is 0 Å². The number of anilines is 1. The highest BCUT2D eigenvalue weighted by atomic mass is 32.2. The van der Waals surface area contributed by atoms with Gasteiger partial charge < -0.3 is 4.42 Å². The van der Waals surface area contributed by atoms with Gasteiger partial charge in [0.15, 0.2) is 11.7 Å². The van der Waals surface area contributed by atoms with Gasteiger partial charge in [0.1, 0.15) is 4.21 Å². The molecule has 1 aromatic carbocycles. The summed E-state index contributed by atoms with van der Waals surface area (Å²) in [6, 6.07) is 10.6. The molecule has 0 atom stereocenters. The lowest BCUT2D eigenvalue weighted by Crippen LogP contribution is -2.11. The standard InChI is InChI=1S/C19H20N2O3S2/c1-13-6-8-15(9-7-13)21-26(22,23)18-11-10-17(25-18)16-12-20-19(24-16)14-4-2-3-5-14/h6-12,14,21H,2-5H2,1H3. The highest BCUT2D eigenvalue weighted by Gasteiger charge is 2.23. The van der Waals surface area contributed by atoms with Gasteiger partial charge in [-0.25, -0.2) is 13.4 Å². The highest BCUT2D eigenvalue weighted by Crippen LogP contribution is 2.37. The first-order valence-electron chi connectivity index (χ1n) is 8.67. The zero-order valence-electron chi connectivity index (χ0n) is 14.4. The Bertz CT molecular complexity index is 998. The Balaban J connectivity index is 1.54. The summed E-state index contributed by atoms with van der Waals surface area (Å²) in [5, 5.41) is 0. The molecule has 136 valence electrons. The van der Waals surface area contributed by atoms with Crippen molar-refractivity contribution < 1.29 is 12.8 Å². The number of hydrogen-bond acceptors (Lipinski definition) is 5. The van der Waals surface area contributed by atoms with E-state index in [0.717, 1.165) is 29.2 Å². The van der Waals surface area contributed by atoms with E-state index in [1.165, 1.54) is 24.2 Å². The van der Waals surface area contributed by atoms with Crippen LogP contribution < -0.4 is 4.72 Å². The Morgan fingerprint density at radius 1 is 1.12 bits per heavy atom. The summed E-state index contributed by atoms with van der Waals surface area (Å²) in [6.45, 7) is 1.96. The van der Waals surface area contributed by atoms with E-state index in [-0.39, 0.29) is 4.21 Å². The molecule has 2 heterocycles. The average molecular weight is 389 g/mol. The van der Waals surface area contributed by atoms with Crippen LogP contribution in [-0.4, -0.2) is 13.4 Å². The number of aromatic nitrogens is 1. The number of aryl methyl sites for hydroxylation is 1. The van der Waals surface area contributed by atoms with E-state index in [2.05, 4.69) is 9.71 Å². The maximum absolute atomic E-state index is 12.6. The van der Waals surface area contributed by atoms with Crippen molar-refractivity contribution in [3.8, 4) is 10.6 Å². The third-order valence-electron chi connectivity index (χ3n) is 4.62. The number of hydrogen-bond donors (Lipinski definition) is 1. The number of benzene rings is 1. The van der Waals surface area contributed by atoms with Crippen LogP contribution in [0.1, 0.15) is 43.1 Å². The molecule has 0 radical (unpaired) electrons. The Kier molecular flexibility index (Phi) is 4.58. The SMILES string of the molecule is Cc1ccc(NS(=O)(=O)c2ccc(-c3cnc(C4CCCC4)o3)s2)cc1. The van der Waals surface area contributed by atoms with E-state index < -0.39 is 10.0 Å². The molecular formula is C19H20N2O3S2. The van der Waals surface area contributed by atoms with Crippen molar-refractivity contribution in [1.29, 1.82) is 0 Å². The molecule has 0 aliphatic heterocycles. The smallest absolute Gasteiger partial charge is 0.271 e. The molecule has 0 unspecified atom stereocenters. The van der Waals surface area contributed by atoms with Gasteiger partial charge in [0.2, 0.25) is 0 Å². The van der Waals surface area contributed by atoms with E-state index >= 15 is 0 Å². The van der Waals surface area contributed by atoms with Crippen molar-refractivity contribution >= 4 is 27.0 Å². The summed E-state index contributed by atoms with van der Waals surface area (Å²) in [6.07, 6.45) is 6.36. The fourth-order valence-corrected chi connectivity index (χ4v) is 5.50. The lowest BCUT2D eigenvalue weighted by molar-refractivity contribution is 0.458. The minimum absolute atomic E-state index is 0.256. The van der Waals surface area contributed by atoms with E-state index in [1.54, 1.807) is 30.5 Å². The number of nitrogens with zero attached hydrogens (tertiary/aromatic N) is 1. The topological polar surface area (TPSA) is 72.2 Å². The maximum Gasteiger partial charge on any atom is 0.271 e. The van der Waals surface area contributed by atoms with Gasteiger partial charge in [-0.2, -0.15) is 0 Å². The lowest BCUT2D eigenvalue weighted by Gasteiger charge is -2.06. The fraction of sp³-hybridized carbons (Fsp3) is 0.316. The van der Waals surface area contributed by atoms with Crippen molar-refractivity contribution in [2.75, 3.05) is 4.72 Å². The second-order valence-electron chi connectivity index (χ2n) is 6.63. The van der Waals surface area contributed by atoms with Crippen molar-refractivity contribution in [2.45, 2.75) is 42.7 Å². The summed E-state index contributed by atoms with van der Waals surface area (Å²) >= 11 is 1.19.